The van der Waals surface area contributed by atoms with Gasteiger partial charge in [0.05, 0.1) is 5.56 Å². The molecule has 0 aromatic heterocycles. The predicted octanol–water partition coefficient (Wildman–Crippen LogP) is 3.98. The third-order valence-electron chi connectivity index (χ3n) is 4.07. The SMILES string of the molecule is NCCCCCCCCCCCCNC(=O)c1ccccc1O. The molecule has 0 heterocycles. The molecule has 0 saturated heterocycles. The van der Waals surface area contributed by atoms with Crippen molar-refractivity contribution in [2.24, 2.45) is 5.73 Å². The van der Waals surface area contributed by atoms with E-state index in [-0.39, 0.29) is 11.7 Å². The minimum atomic E-state index is -0.194. The second kappa shape index (κ2) is 12.9. The van der Waals surface area contributed by atoms with Crippen molar-refractivity contribution in [2.75, 3.05) is 13.1 Å². The predicted molar refractivity (Wildman–Crippen MR) is 95.7 cm³/mol. The van der Waals surface area contributed by atoms with Crippen molar-refractivity contribution in [1.29, 1.82) is 0 Å². The highest BCUT2D eigenvalue weighted by molar-refractivity contribution is 5.96. The van der Waals surface area contributed by atoms with Gasteiger partial charge in [0.25, 0.3) is 5.91 Å². The number of amides is 1. The maximum atomic E-state index is 11.9. The highest BCUT2D eigenvalue weighted by Crippen LogP contribution is 2.15. The van der Waals surface area contributed by atoms with Crippen LogP contribution in [0.1, 0.15) is 74.6 Å². The van der Waals surface area contributed by atoms with E-state index in [1.54, 1.807) is 18.2 Å². The molecule has 0 radical (unpaired) electrons. The molecule has 1 amide bonds. The van der Waals surface area contributed by atoms with Crippen LogP contribution in [0.25, 0.3) is 0 Å². The van der Waals surface area contributed by atoms with Crippen molar-refractivity contribution < 1.29 is 9.90 Å². The van der Waals surface area contributed by atoms with Crippen molar-refractivity contribution >= 4 is 5.91 Å². The third kappa shape index (κ3) is 9.24. The molecular weight excluding hydrogens is 288 g/mol. The molecule has 1 rings (SSSR count). The molecule has 1 aromatic carbocycles. The summed E-state index contributed by atoms with van der Waals surface area (Å²) in [5, 5.41) is 12.5. The molecule has 4 heteroatoms. The van der Waals surface area contributed by atoms with Crippen molar-refractivity contribution in [3.63, 3.8) is 0 Å². The van der Waals surface area contributed by atoms with Crippen LogP contribution >= 0.6 is 0 Å². The molecule has 0 spiro atoms. The van der Waals surface area contributed by atoms with E-state index in [0.717, 1.165) is 25.8 Å². The summed E-state index contributed by atoms with van der Waals surface area (Å²) in [4.78, 5) is 11.9. The number of benzene rings is 1. The highest BCUT2D eigenvalue weighted by atomic mass is 16.3. The minimum absolute atomic E-state index is 0.0384. The summed E-state index contributed by atoms with van der Waals surface area (Å²) in [6, 6.07) is 6.64. The Morgan fingerprint density at radius 1 is 0.870 bits per heavy atom. The van der Waals surface area contributed by atoms with Gasteiger partial charge in [0.1, 0.15) is 5.75 Å². The van der Waals surface area contributed by atoms with Gasteiger partial charge in [-0.1, -0.05) is 63.5 Å². The second-order valence-corrected chi connectivity index (χ2v) is 6.10. The van der Waals surface area contributed by atoms with Gasteiger partial charge in [0.2, 0.25) is 0 Å². The molecule has 0 aliphatic heterocycles. The molecule has 23 heavy (non-hydrogen) atoms. The summed E-state index contributed by atoms with van der Waals surface area (Å²) in [6.07, 6.45) is 12.4. The van der Waals surface area contributed by atoms with Crippen LogP contribution < -0.4 is 11.1 Å². The first kappa shape index (κ1) is 19.5. The number of nitrogens with one attached hydrogen (secondary N) is 1. The number of unbranched alkanes of at least 4 members (excludes halogenated alkanes) is 9. The van der Waals surface area contributed by atoms with Crippen LogP contribution in [-0.4, -0.2) is 24.1 Å². The molecular formula is C19H32N2O2. The number of rotatable bonds is 13. The van der Waals surface area contributed by atoms with E-state index in [4.69, 9.17) is 5.73 Å². The van der Waals surface area contributed by atoms with E-state index in [2.05, 4.69) is 5.32 Å². The largest absolute Gasteiger partial charge is 0.507 e. The number of nitrogens with two attached hydrogens (primary N) is 1. The highest BCUT2D eigenvalue weighted by Gasteiger charge is 2.08. The average Bonchev–Trinajstić information content (AvgIpc) is 2.56. The minimum Gasteiger partial charge on any atom is -0.507 e. The van der Waals surface area contributed by atoms with Crippen molar-refractivity contribution in [3.8, 4) is 5.75 Å². The maximum absolute atomic E-state index is 11.9. The monoisotopic (exact) mass is 320 g/mol. The Hall–Kier alpha value is -1.55. The Labute approximate surface area is 140 Å². The standard InChI is InChI=1S/C19H32N2O2/c20-15-11-7-5-3-1-2-4-6-8-12-16-21-19(23)17-13-9-10-14-18(17)22/h9-10,13-14,22H,1-8,11-12,15-16,20H2,(H,21,23). The van der Waals surface area contributed by atoms with Gasteiger partial charge in [-0.15, -0.1) is 0 Å². The van der Waals surface area contributed by atoms with Gasteiger partial charge in [-0.05, 0) is 31.5 Å². The second-order valence-electron chi connectivity index (χ2n) is 6.10. The van der Waals surface area contributed by atoms with E-state index >= 15 is 0 Å². The van der Waals surface area contributed by atoms with Gasteiger partial charge in [0, 0.05) is 6.54 Å². The molecule has 0 fully saturated rings. The summed E-state index contributed by atoms with van der Waals surface area (Å²) < 4.78 is 0. The molecule has 1 aromatic rings. The summed E-state index contributed by atoms with van der Waals surface area (Å²) in [5.41, 5.74) is 5.82. The summed E-state index contributed by atoms with van der Waals surface area (Å²) in [6.45, 7) is 1.49. The smallest absolute Gasteiger partial charge is 0.255 e. The lowest BCUT2D eigenvalue weighted by Crippen LogP contribution is -2.24. The molecule has 0 unspecified atom stereocenters. The maximum Gasteiger partial charge on any atom is 0.255 e. The molecule has 0 saturated carbocycles. The Bertz CT molecular complexity index is 435. The molecule has 0 aliphatic rings. The van der Waals surface area contributed by atoms with Gasteiger partial charge in [-0.25, -0.2) is 0 Å². The van der Waals surface area contributed by atoms with Crippen LogP contribution in [0.5, 0.6) is 5.75 Å². The van der Waals surface area contributed by atoms with Gasteiger partial charge in [-0.2, -0.15) is 0 Å². The molecule has 0 bridgehead atoms. The first-order chi connectivity index (χ1) is 11.3. The lowest BCUT2D eigenvalue weighted by molar-refractivity contribution is 0.0950. The van der Waals surface area contributed by atoms with Crippen LogP contribution in [0.3, 0.4) is 0 Å². The third-order valence-corrected chi connectivity index (χ3v) is 4.07. The average molecular weight is 320 g/mol. The summed E-state index contributed by atoms with van der Waals surface area (Å²) in [5.74, 6) is -0.156. The number of hydrogen-bond acceptors (Lipinski definition) is 3. The van der Waals surface area contributed by atoms with Gasteiger partial charge in [0.15, 0.2) is 0 Å². The number of carbonyl (C=O) groups excluding carboxylic acids is 1. The molecule has 130 valence electrons. The number of carbonyl (C=O) groups is 1. The molecule has 4 N–H and O–H groups in total. The Balaban J connectivity index is 1.92. The number of para-hydroxylation sites is 1. The van der Waals surface area contributed by atoms with Gasteiger partial charge >= 0.3 is 0 Å². The quantitative estimate of drug-likeness (QED) is 0.481. The van der Waals surface area contributed by atoms with E-state index < -0.39 is 0 Å². The zero-order valence-electron chi connectivity index (χ0n) is 14.2. The fourth-order valence-corrected chi connectivity index (χ4v) is 2.65. The Morgan fingerprint density at radius 2 is 1.39 bits per heavy atom. The van der Waals surface area contributed by atoms with Gasteiger partial charge < -0.3 is 16.2 Å². The normalized spacial score (nSPS) is 10.7. The molecule has 0 atom stereocenters. The zero-order valence-corrected chi connectivity index (χ0v) is 14.2. The molecule has 4 nitrogen and oxygen atoms in total. The van der Waals surface area contributed by atoms with Crippen LogP contribution in [0.15, 0.2) is 24.3 Å². The van der Waals surface area contributed by atoms with Crippen LogP contribution in [0.2, 0.25) is 0 Å². The lowest BCUT2D eigenvalue weighted by Gasteiger charge is -2.06. The first-order valence-electron chi connectivity index (χ1n) is 9.02. The van der Waals surface area contributed by atoms with Gasteiger partial charge in [-0.3, -0.25) is 4.79 Å². The molecule has 0 aliphatic carbocycles. The van der Waals surface area contributed by atoms with E-state index in [1.165, 1.54) is 51.0 Å². The first-order valence-corrected chi connectivity index (χ1v) is 9.02. The van der Waals surface area contributed by atoms with E-state index in [1.807, 2.05) is 0 Å². The number of aromatic hydroxyl groups is 1. The Morgan fingerprint density at radius 3 is 1.96 bits per heavy atom. The number of hydrogen-bond donors (Lipinski definition) is 3. The Kier molecular flexibility index (Phi) is 11.0. The lowest BCUT2D eigenvalue weighted by atomic mass is 10.1. The zero-order chi connectivity index (χ0) is 16.8. The van der Waals surface area contributed by atoms with Crippen molar-refractivity contribution in [2.45, 2.75) is 64.2 Å². The number of phenols is 1. The van der Waals surface area contributed by atoms with Crippen LogP contribution in [0, 0.1) is 0 Å². The van der Waals surface area contributed by atoms with Crippen LogP contribution in [0.4, 0.5) is 0 Å². The fourth-order valence-electron chi connectivity index (χ4n) is 2.65. The summed E-state index contributed by atoms with van der Waals surface area (Å²) >= 11 is 0. The van der Waals surface area contributed by atoms with Crippen LogP contribution in [-0.2, 0) is 0 Å². The van der Waals surface area contributed by atoms with E-state index in [9.17, 15) is 9.90 Å². The fraction of sp³-hybridized carbons (Fsp3) is 0.632. The topological polar surface area (TPSA) is 75.3 Å². The summed E-state index contributed by atoms with van der Waals surface area (Å²) in [7, 11) is 0. The number of phenolic OH excluding ortho intramolecular Hbond substituents is 1. The van der Waals surface area contributed by atoms with Crippen molar-refractivity contribution in [3.05, 3.63) is 29.8 Å². The van der Waals surface area contributed by atoms with E-state index in [0.29, 0.717) is 12.1 Å². The van der Waals surface area contributed by atoms with Crippen molar-refractivity contribution in [1.82, 2.24) is 5.32 Å².